The number of rotatable bonds is 4. The van der Waals surface area contributed by atoms with Gasteiger partial charge in [0, 0.05) is 5.56 Å². The van der Waals surface area contributed by atoms with Crippen molar-refractivity contribution in [1.29, 1.82) is 10.8 Å². The Labute approximate surface area is 119 Å². The summed E-state index contributed by atoms with van der Waals surface area (Å²) in [6, 6.07) is 19.1. The highest BCUT2D eigenvalue weighted by Gasteiger charge is 2.03. The molecule has 0 heterocycles. The Morgan fingerprint density at radius 1 is 0.850 bits per heavy atom. The van der Waals surface area contributed by atoms with Gasteiger partial charge in [-0.3, -0.25) is 10.8 Å². The van der Waals surface area contributed by atoms with E-state index in [-0.39, 0.29) is 11.4 Å². The second-order valence-corrected chi connectivity index (χ2v) is 3.90. The minimum atomic E-state index is 0.213. The van der Waals surface area contributed by atoms with Crippen LogP contribution < -0.4 is 5.73 Å². The van der Waals surface area contributed by atoms with Crippen LogP contribution in [0.4, 0.5) is 0 Å². The van der Waals surface area contributed by atoms with Gasteiger partial charge in [0.25, 0.3) is 0 Å². The van der Waals surface area contributed by atoms with Crippen molar-refractivity contribution in [2.45, 2.75) is 0 Å². The summed E-state index contributed by atoms with van der Waals surface area (Å²) in [5, 5.41) is 15.8. The first-order valence-electron chi connectivity index (χ1n) is 6.31. The number of allylic oxidation sites excluding steroid dienone is 1. The molecule has 0 bridgehead atoms. The van der Waals surface area contributed by atoms with Crippen molar-refractivity contribution in [3.63, 3.8) is 0 Å². The Kier molecular flexibility index (Phi) is 6.65. The van der Waals surface area contributed by atoms with E-state index >= 15 is 0 Å². The molecule has 2 aromatic rings. The third-order valence-electron chi connectivity index (χ3n) is 2.57. The minimum absolute atomic E-state index is 0.213. The number of benzene rings is 2. The van der Waals surface area contributed by atoms with Gasteiger partial charge in [0.15, 0.2) is 0 Å². The first kappa shape index (κ1) is 15.5. The van der Waals surface area contributed by atoms with Crippen molar-refractivity contribution in [2.24, 2.45) is 5.73 Å². The quantitative estimate of drug-likeness (QED) is 0.728. The van der Waals surface area contributed by atoms with E-state index < -0.39 is 0 Å². The van der Waals surface area contributed by atoms with Gasteiger partial charge in [-0.2, -0.15) is 0 Å². The molecule has 0 aliphatic carbocycles. The predicted molar refractivity (Wildman–Crippen MR) is 86.6 cm³/mol. The van der Waals surface area contributed by atoms with Crippen LogP contribution in [0.2, 0.25) is 0 Å². The van der Waals surface area contributed by atoms with Crippen molar-refractivity contribution < 1.29 is 0 Å². The summed E-state index contributed by atoms with van der Waals surface area (Å²) in [5.41, 5.74) is 6.75. The van der Waals surface area contributed by atoms with Gasteiger partial charge in [0.1, 0.15) is 0 Å². The molecule has 20 heavy (non-hydrogen) atoms. The maximum atomic E-state index is 7.93. The van der Waals surface area contributed by atoms with Gasteiger partial charge in [-0.05, 0) is 18.7 Å². The number of hydrogen-bond donors (Lipinski definition) is 3. The summed E-state index contributed by atoms with van der Waals surface area (Å²) in [7, 11) is 1.50. The third kappa shape index (κ3) is 4.63. The van der Waals surface area contributed by atoms with Crippen LogP contribution in [-0.4, -0.2) is 18.5 Å². The summed E-state index contributed by atoms with van der Waals surface area (Å²) in [4.78, 5) is 0. The molecule has 3 heteroatoms. The highest BCUT2D eigenvalue weighted by Crippen LogP contribution is 2.04. The molecule has 0 saturated carbocycles. The molecule has 0 aromatic heterocycles. The average Bonchev–Trinajstić information content (AvgIpc) is 2.55. The molecule has 0 atom stereocenters. The van der Waals surface area contributed by atoms with E-state index in [2.05, 4.69) is 5.73 Å². The molecule has 0 fully saturated rings. The van der Waals surface area contributed by atoms with Crippen LogP contribution in [-0.2, 0) is 0 Å². The Hall–Kier alpha value is -2.52. The summed E-state index contributed by atoms with van der Waals surface area (Å²) >= 11 is 0. The summed E-state index contributed by atoms with van der Waals surface area (Å²) in [6.45, 7) is 0. The SMILES string of the molecule is CN.N=C(/C=C/c1ccccc1)C(=N)c1ccccc1. The van der Waals surface area contributed by atoms with E-state index in [0.717, 1.165) is 11.1 Å². The molecule has 2 rings (SSSR count). The monoisotopic (exact) mass is 265 g/mol. The van der Waals surface area contributed by atoms with Crippen LogP contribution in [0.25, 0.3) is 6.08 Å². The van der Waals surface area contributed by atoms with Gasteiger partial charge < -0.3 is 5.73 Å². The highest BCUT2D eigenvalue weighted by molar-refractivity contribution is 6.50. The average molecular weight is 265 g/mol. The lowest BCUT2D eigenvalue weighted by Gasteiger charge is -2.01. The van der Waals surface area contributed by atoms with Crippen molar-refractivity contribution >= 4 is 17.5 Å². The zero-order valence-corrected chi connectivity index (χ0v) is 11.5. The predicted octanol–water partition coefficient (Wildman–Crippen LogP) is 3.36. The van der Waals surface area contributed by atoms with E-state index in [9.17, 15) is 0 Å². The largest absolute Gasteiger partial charge is 0.333 e. The molecule has 0 unspecified atom stereocenters. The number of hydrogen-bond acceptors (Lipinski definition) is 3. The molecule has 0 spiro atoms. The molecular formula is C17H19N3. The fraction of sp³-hybridized carbons (Fsp3) is 0.0588. The van der Waals surface area contributed by atoms with E-state index in [4.69, 9.17) is 10.8 Å². The van der Waals surface area contributed by atoms with E-state index in [1.54, 1.807) is 6.08 Å². The normalized spacial score (nSPS) is 9.70. The van der Waals surface area contributed by atoms with Gasteiger partial charge in [0.05, 0.1) is 11.4 Å². The van der Waals surface area contributed by atoms with Crippen LogP contribution in [0.5, 0.6) is 0 Å². The Balaban J connectivity index is 0.000000956. The van der Waals surface area contributed by atoms with E-state index in [0.29, 0.717) is 0 Å². The van der Waals surface area contributed by atoms with Crippen LogP contribution in [0.1, 0.15) is 11.1 Å². The summed E-state index contributed by atoms with van der Waals surface area (Å²) in [6.07, 6.45) is 3.50. The molecule has 4 N–H and O–H groups in total. The lowest BCUT2D eigenvalue weighted by Crippen LogP contribution is -2.10. The topological polar surface area (TPSA) is 73.7 Å². The first-order valence-corrected chi connectivity index (χ1v) is 6.31. The molecule has 102 valence electrons. The summed E-state index contributed by atoms with van der Waals surface area (Å²) < 4.78 is 0. The smallest absolute Gasteiger partial charge is 0.0861 e. The highest BCUT2D eigenvalue weighted by atomic mass is 14.5. The second-order valence-electron chi connectivity index (χ2n) is 3.90. The minimum Gasteiger partial charge on any atom is -0.333 e. The van der Waals surface area contributed by atoms with E-state index in [1.165, 1.54) is 7.05 Å². The first-order chi connectivity index (χ1) is 9.77. The van der Waals surface area contributed by atoms with Crippen molar-refractivity contribution in [1.82, 2.24) is 0 Å². The maximum absolute atomic E-state index is 7.93. The van der Waals surface area contributed by atoms with Gasteiger partial charge in [0.2, 0.25) is 0 Å². The maximum Gasteiger partial charge on any atom is 0.0861 e. The van der Waals surface area contributed by atoms with Crippen molar-refractivity contribution in [3.05, 3.63) is 77.9 Å². The van der Waals surface area contributed by atoms with Crippen LogP contribution in [0.3, 0.4) is 0 Å². The Bertz CT molecular complexity index is 572. The fourth-order valence-corrected chi connectivity index (χ4v) is 1.59. The van der Waals surface area contributed by atoms with Gasteiger partial charge in [-0.1, -0.05) is 66.7 Å². The fourth-order valence-electron chi connectivity index (χ4n) is 1.59. The molecule has 0 amide bonds. The number of nitrogens with two attached hydrogens (primary N) is 1. The second kappa shape index (κ2) is 8.56. The van der Waals surface area contributed by atoms with Crippen molar-refractivity contribution in [2.75, 3.05) is 7.05 Å². The van der Waals surface area contributed by atoms with Gasteiger partial charge in [-0.15, -0.1) is 0 Å². The van der Waals surface area contributed by atoms with E-state index in [1.807, 2.05) is 66.7 Å². The van der Waals surface area contributed by atoms with Crippen LogP contribution in [0.15, 0.2) is 66.7 Å². The molecular weight excluding hydrogens is 246 g/mol. The summed E-state index contributed by atoms with van der Waals surface area (Å²) in [5.74, 6) is 0. The van der Waals surface area contributed by atoms with Crippen LogP contribution in [0, 0.1) is 10.8 Å². The Morgan fingerprint density at radius 2 is 1.35 bits per heavy atom. The van der Waals surface area contributed by atoms with Gasteiger partial charge in [-0.25, -0.2) is 0 Å². The van der Waals surface area contributed by atoms with Crippen LogP contribution >= 0.6 is 0 Å². The third-order valence-corrected chi connectivity index (χ3v) is 2.57. The molecule has 0 aliphatic heterocycles. The van der Waals surface area contributed by atoms with Crippen molar-refractivity contribution in [3.8, 4) is 0 Å². The molecule has 0 radical (unpaired) electrons. The number of nitrogens with one attached hydrogen (secondary N) is 2. The molecule has 0 aliphatic rings. The molecule has 0 saturated heterocycles. The standard InChI is InChI=1S/C16H14N2.CH5N/c17-15(12-11-13-7-3-1-4-8-13)16(18)14-9-5-2-6-10-14;1-2/h1-12,17-18H;2H2,1H3/b12-11+,17-15?,18-16?;. The molecule has 3 nitrogen and oxygen atoms in total. The lowest BCUT2D eigenvalue weighted by atomic mass is 10.1. The van der Waals surface area contributed by atoms with Gasteiger partial charge >= 0.3 is 0 Å². The zero-order chi connectivity index (χ0) is 14.8. The lowest BCUT2D eigenvalue weighted by molar-refractivity contribution is 1.47. The Morgan fingerprint density at radius 3 is 1.90 bits per heavy atom. The zero-order valence-electron chi connectivity index (χ0n) is 11.5. The molecule has 2 aromatic carbocycles.